The van der Waals surface area contributed by atoms with Gasteiger partial charge in [0.05, 0.1) is 12.1 Å². The zero-order valence-electron chi connectivity index (χ0n) is 10.1. The van der Waals surface area contributed by atoms with Crippen LogP contribution in [0.2, 0.25) is 0 Å². The monoisotopic (exact) mass is 267 g/mol. The van der Waals surface area contributed by atoms with Crippen molar-refractivity contribution < 1.29 is 14.3 Å². The number of carbonyl (C=O) groups is 2. The molecule has 2 heterocycles. The van der Waals surface area contributed by atoms with E-state index in [9.17, 15) is 9.59 Å². The van der Waals surface area contributed by atoms with Crippen molar-refractivity contribution >= 4 is 28.2 Å². The molecule has 0 spiro atoms. The molecule has 0 atom stereocenters. The Balaban J connectivity index is 1.88. The molecule has 96 valence electrons. The van der Waals surface area contributed by atoms with Crippen LogP contribution in [0.15, 0.2) is 17.8 Å². The minimum absolute atomic E-state index is 0.0785. The topological polar surface area (TPSA) is 63.9 Å². The van der Waals surface area contributed by atoms with Gasteiger partial charge in [-0.15, -0.1) is 11.3 Å². The maximum Gasteiger partial charge on any atom is 0.312 e. The van der Waals surface area contributed by atoms with Gasteiger partial charge in [-0.2, -0.15) is 0 Å². The number of hydrogen-bond acceptors (Lipinski definition) is 5. The third kappa shape index (κ3) is 2.86. The lowest BCUT2D eigenvalue weighted by atomic mass is 10.3. The number of ether oxygens (including phenoxy) is 1. The van der Waals surface area contributed by atoms with E-state index < -0.39 is 5.97 Å². The lowest BCUT2D eigenvalue weighted by molar-refractivity contribution is -0.150. The Morgan fingerprint density at radius 1 is 1.50 bits per heavy atom. The van der Waals surface area contributed by atoms with Crippen molar-refractivity contribution in [2.45, 2.75) is 6.42 Å². The highest BCUT2D eigenvalue weighted by molar-refractivity contribution is 7.15. The summed E-state index contributed by atoms with van der Waals surface area (Å²) in [7, 11) is 3.22. The number of esters is 1. The number of rotatable bonds is 4. The Morgan fingerprint density at radius 3 is 2.94 bits per heavy atom. The van der Waals surface area contributed by atoms with Crippen LogP contribution in [0.3, 0.4) is 0 Å². The molecule has 0 saturated carbocycles. The van der Waals surface area contributed by atoms with E-state index in [4.69, 9.17) is 4.74 Å². The summed E-state index contributed by atoms with van der Waals surface area (Å²) in [6.45, 7) is -0.228. The van der Waals surface area contributed by atoms with Gasteiger partial charge in [0, 0.05) is 31.9 Å². The Hall–Kier alpha value is -1.89. The number of aromatic nitrogens is 2. The van der Waals surface area contributed by atoms with Crippen LogP contribution < -0.4 is 0 Å². The first-order valence-corrected chi connectivity index (χ1v) is 6.21. The third-order valence-corrected chi connectivity index (χ3v) is 3.09. The molecule has 0 N–H and O–H groups in total. The van der Waals surface area contributed by atoms with Gasteiger partial charge in [-0.1, -0.05) is 0 Å². The van der Waals surface area contributed by atoms with Gasteiger partial charge >= 0.3 is 5.97 Å². The zero-order valence-corrected chi connectivity index (χ0v) is 10.9. The van der Waals surface area contributed by atoms with Gasteiger partial charge in [0.1, 0.15) is 0 Å². The fraction of sp³-hybridized carbons (Fsp3) is 0.364. The van der Waals surface area contributed by atoms with Crippen LogP contribution >= 0.6 is 11.3 Å². The molecule has 1 amide bonds. The molecule has 0 aromatic carbocycles. The second kappa shape index (κ2) is 5.18. The lowest BCUT2D eigenvalue weighted by Crippen LogP contribution is -2.27. The van der Waals surface area contributed by atoms with Crippen LogP contribution in [0.4, 0.5) is 0 Å². The van der Waals surface area contributed by atoms with Crippen molar-refractivity contribution in [1.82, 2.24) is 14.3 Å². The average Bonchev–Trinajstić information content (AvgIpc) is 2.85. The molecular formula is C11H13N3O3S. The van der Waals surface area contributed by atoms with Crippen molar-refractivity contribution in [2.24, 2.45) is 0 Å². The van der Waals surface area contributed by atoms with E-state index in [1.807, 2.05) is 16.0 Å². The molecule has 0 fully saturated rings. The van der Waals surface area contributed by atoms with Crippen molar-refractivity contribution in [3.8, 4) is 0 Å². The summed E-state index contributed by atoms with van der Waals surface area (Å²) >= 11 is 1.50. The van der Waals surface area contributed by atoms with Gasteiger partial charge in [0.2, 0.25) is 0 Å². The Morgan fingerprint density at radius 2 is 2.28 bits per heavy atom. The number of thiazole rings is 1. The van der Waals surface area contributed by atoms with E-state index in [1.54, 1.807) is 20.3 Å². The van der Waals surface area contributed by atoms with E-state index in [1.165, 1.54) is 16.2 Å². The summed E-state index contributed by atoms with van der Waals surface area (Å²) < 4.78 is 6.71. The molecule has 18 heavy (non-hydrogen) atoms. The number of imidazole rings is 1. The molecule has 6 nitrogen and oxygen atoms in total. The Bertz CT molecular complexity index is 544. The number of fused-ring (bicyclic) bond motifs is 1. The molecule has 2 aromatic heterocycles. The first-order chi connectivity index (χ1) is 8.56. The standard InChI is InChI=1S/C11H13N3O3S/c1-13(2)9(15)7-17-10(16)5-8-6-14-3-4-18-11(14)12-8/h3-4,6H,5,7H2,1-2H3. The summed E-state index contributed by atoms with van der Waals surface area (Å²) in [5.74, 6) is -0.690. The average molecular weight is 267 g/mol. The maximum absolute atomic E-state index is 11.5. The van der Waals surface area contributed by atoms with Crippen LogP contribution in [-0.4, -0.2) is 46.9 Å². The van der Waals surface area contributed by atoms with Gasteiger partial charge in [0.25, 0.3) is 5.91 Å². The Labute approximate surface area is 108 Å². The van der Waals surface area contributed by atoms with E-state index >= 15 is 0 Å². The highest BCUT2D eigenvalue weighted by Crippen LogP contribution is 2.11. The van der Waals surface area contributed by atoms with E-state index in [2.05, 4.69) is 4.98 Å². The van der Waals surface area contributed by atoms with Gasteiger partial charge in [0.15, 0.2) is 11.6 Å². The number of amides is 1. The summed E-state index contributed by atoms with van der Waals surface area (Å²) in [4.78, 5) is 29.2. The second-order valence-electron chi connectivity index (χ2n) is 3.95. The molecule has 0 unspecified atom stereocenters. The number of hydrogen-bond donors (Lipinski definition) is 0. The van der Waals surface area contributed by atoms with Crippen molar-refractivity contribution in [2.75, 3.05) is 20.7 Å². The number of nitrogens with zero attached hydrogens (tertiary/aromatic N) is 3. The fourth-order valence-electron chi connectivity index (χ4n) is 1.33. The molecular weight excluding hydrogens is 254 g/mol. The largest absolute Gasteiger partial charge is 0.455 e. The predicted octanol–water partition coefficient (Wildman–Crippen LogP) is 0.570. The van der Waals surface area contributed by atoms with Crippen LogP contribution in [0, 0.1) is 0 Å². The van der Waals surface area contributed by atoms with Gasteiger partial charge < -0.3 is 9.64 Å². The van der Waals surface area contributed by atoms with Crippen molar-refractivity contribution in [3.63, 3.8) is 0 Å². The minimum Gasteiger partial charge on any atom is -0.455 e. The molecule has 0 aliphatic rings. The normalized spacial score (nSPS) is 10.6. The molecule has 0 aliphatic heterocycles. The third-order valence-electron chi connectivity index (χ3n) is 2.32. The zero-order chi connectivity index (χ0) is 13.1. The summed E-state index contributed by atoms with van der Waals surface area (Å²) in [5, 5.41) is 1.92. The lowest BCUT2D eigenvalue weighted by Gasteiger charge is -2.09. The molecule has 2 aromatic rings. The highest BCUT2D eigenvalue weighted by Gasteiger charge is 2.12. The van der Waals surface area contributed by atoms with E-state index in [0.29, 0.717) is 5.69 Å². The van der Waals surface area contributed by atoms with Gasteiger partial charge in [-0.3, -0.25) is 14.0 Å². The fourth-order valence-corrected chi connectivity index (χ4v) is 2.05. The van der Waals surface area contributed by atoms with Crippen LogP contribution in [-0.2, 0) is 20.7 Å². The van der Waals surface area contributed by atoms with Crippen LogP contribution in [0.5, 0.6) is 0 Å². The SMILES string of the molecule is CN(C)C(=O)COC(=O)Cc1cn2ccsc2n1. The number of likely N-dealkylation sites (N-methyl/N-ethyl adjacent to an activating group) is 1. The quantitative estimate of drug-likeness (QED) is 0.760. The summed E-state index contributed by atoms with van der Waals surface area (Å²) in [6.07, 6.45) is 3.73. The summed E-state index contributed by atoms with van der Waals surface area (Å²) in [6, 6.07) is 0. The molecule has 0 bridgehead atoms. The predicted molar refractivity (Wildman–Crippen MR) is 66.4 cm³/mol. The minimum atomic E-state index is -0.448. The van der Waals surface area contributed by atoms with Crippen molar-refractivity contribution in [1.29, 1.82) is 0 Å². The van der Waals surface area contributed by atoms with Crippen molar-refractivity contribution in [3.05, 3.63) is 23.5 Å². The highest BCUT2D eigenvalue weighted by atomic mass is 32.1. The number of carbonyl (C=O) groups excluding carboxylic acids is 2. The van der Waals surface area contributed by atoms with Gasteiger partial charge in [-0.05, 0) is 0 Å². The van der Waals surface area contributed by atoms with Crippen LogP contribution in [0.25, 0.3) is 4.96 Å². The van der Waals surface area contributed by atoms with E-state index in [0.717, 1.165) is 4.96 Å². The smallest absolute Gasteiger partial charge is 0.312 e. The van der Waals surface area contributed by atoms with E-state index in [-0.39, 0.29) is 18.9 Å². The maximum atomic E-state index is 11.5. The van der Waals surface area contributed by atoms with Gasteiger partial charge in [-0.25, -0.2) is 4.98 Å². The molecule has 0 radical (unpaired) electrons. The second-order valence-corrected chi connectivity index (χ2v) is 4.82. The molecule has 0 saturated heterocycles. The first-order valence-electron chi connectivity index (χ1n) is 5.33. The molecule has 7 heteroatoms. The first kappa shape index (κ1) is 12.6. The van der Waals surface area contributed by atoms with Crippen LogP contribution in [0.1, 0.15) is 5.69 Å². The molecule has 0 aliphatic carbocycles. The Kier molecular flexibility index (Phi) is 3.61. The summed E-state index contributed by atoms with van der Waals surface area (Å²) in [5.41, 5.74) is 0.643. The molecule has 2 rings (SSSR count).